The molecule has 5 heteroatoms. The van der Waals surface area contributed by atoms with Gasteiger partial charge in [0.2, 0.25) is 5.60 Å². The summed E-state index contributed by atoms with van der Waals surface area (Å²) in [6.07, 6.45) is 0. The Morgan fingerprint density at radius 1 is 0.900 bits per heavy atom. The van der Waals surface area contributed by atoms with E-state index in [0.29, 0.717) is 11.4 Å². The van der Waals surface area contributed by atoms with Gasteiger partial charge in [-0.3, -0.25) is 4.79 Å². The molecule has 1 aliphatic heterocycles. The number of likely N-dealkylation sites (N-methyl/N-ethyl adjacent to an activating group) is 1. The molecule has 1 amide bonds. The van der Waals surface area contributed by atoms with E-state index >= 15 is 0 Å². The third-order valence-corrected chi connectivity index (χ3v) is 3.50. The van der Waals surface area contributed by atoms with Crippen LogP contribution in [0.4, 0.5) is 11.4 Å². The Kier molecular flexibility index (Phi) is 2.65. The first-order chi connectivity index (χ1) is 9.54. The Morgan fingerprint density at radius 3 is 1.60 bits per heavy atom. The van der Waals surface area contributed by atoms with Crippen molar-refractivity contribution in [3.8, 4) is 0 Å². The van der Waals surface area contributed by atoms with Crippen molar-refractivity contribution in [1.82, 2.24) is 5.06 Å². The molecular weight excluding hydrogens is 254 g/mol. The summed E-state index contributed by atoms with van der Waals surface area (Å²) in [5.74, 6) is -0.118. The van der Waals surface area contributed by atoms with Gasteiger partial charge >= 0.3 is 0 Å². The van der Waals surface area contributed by atoms with Gasteiger partial charge in [-0.2, -0.15) is 0 Å². The largest absolute Gasteiger partial charge is 0.399 e. The number of hydrogen-bond acceptors (Lipinski definition) is 4. The van der Waals surface area contributed by atoms with Crippen LogP contribution in [-0.4, -0.2) is 18.0 Å². The number of hydrogen-bond donors (Lipinski definition) is 2. The van der Waals surface area contributed by atoms with E-state index in [4.69, 9.17) is 16.3 Å². The third kappa shape index (κ3) is 1.64. The molecule has 2 aromatic rings. The van der Waals surface area contributed by atoms with Gasteiger partial charge in [-0.05, 0) is 24.3 Å². The smallest absolute Gasteiger partial charge is 0.290 e. The molecule has 5 nitrogen and oxygen atoms in total. The Bertz CT molecular complexity index is 604. The highest BCUT2D eigenvalue weighted by atomic mass is 16.7. The summed E-state index contributed by atoms with van der Waals surface area (Å²) in [6.45, 7) is 0. The quantitative estimate of drug-likeness (QED) is 0.809. The van der Waals surface area contributed by atoms with Gasteiger partial charge in [-0.15, -0.1) is 0 Å². The molecule has 1 heterocycles. The maximum absolute atomic E-state index is 12.4. The summed E-state index contributed by atoms with van der Waals surface area (Å²) < 4.78 is 0. The zero-order valence-corrected chi connectivity index (χ0v) is 11.0. The standard InChI is InChI=1S/C15H15N3O2/c1-18-14(19)15(20-18,10-2-6-12(16)7-3-10)11-4-8-13(17)9-5-11/h2-9H,16-17H2,1H3. The highest BCUT2D eigenvalue weighted by Crippen LogP contribution is 2.43. The average Bonchev–Trinajstić information content (AvgIpc) is 2.46. The molecule has 1 fully saturated rings. The van der Waals surface area contributed by atoms with Gasteiger partial charge in [0.05, 0.1) is 0 Å². The van der Waals surface area contributed by atoms with E-state index in [0.717, 1.165) is 11.1 Å². The van der Waals surface area contributed by atoms with Crippen LogP contribution in [0.15, 0.2) is 48.5 Å². The number of benzene rings is 2. The van der Waals surface area contributed by atoms with Crippen molar-refractivity contribution >= 4 is 17.3 Å². The van der Waals surface area contributed by atoms with Crippen molar-refractivity contribution in [2.24, 2.45) is 0 Å². The number of nitrogens with zero attached hydrogens (tertiary/aromatic N) is 1. The van der Waals surface area contributed by atoms with Crippen LogP contribution >= 0.6 is 0 Å². The molecule has 1 aliphatic rings. The predicted molar refractivity (Wildman–Crippen MR) is 76.3 cm³/mol. The lowest BCUT2D eigenvalue weighted by Gasteiger charge is -2.46. The molecule has 0 aromatic heterocycles. The van der Waals surface area contributed by atoms with Crippen LogP contribution in [0.1, 0.15) is 11.1 Å². The Hall–Kier alpha value is -2.53. The second-order valence-corrected chi connectivity index (χ2v) is 4.82. The molecule has 0 spiro atoms. The minimum Gasteiger partial charge on any atom is -0.399 e. The third-order valence-electron chi connectivity index (χ3n) is 3.50. The molecular formula is C15H15N3O2. The molecule has 4 N–H and O–H groups in total. The van der Waals surface area contributed by atoms with Crippen molar-refractivity contribution in [3.05, 3.63) is 59.7 Å². The fourth-order valence-electron chi connectivity index (χ4n) is 2.42. The number of nitrogen functional groups attached to an aromatic ring is 2. The lowest BCUT2D eigenvalue weighted by Crippen LogP contribution is -2.61. The number of carbonyl (C=O) groups is 1. The van der Waals surface area contributed by atoms with Crippen molar-refractivity contribution in [2.45, 2.75) is 5.60 Å². The van der Waals surface area contributed by atoms with E-state index in [2.05, 4.69) is 0 Å². The summed E-state index contributed by atoms with van der Waals surface area (Å²) in [4.78, 5) is 18.1. The van der Waals surface area contributed by atoms with Gasteiger partial charge in [-0.1, -0.05) is 24.3 Å². The first-order valence-corrected chi connectivity index (χ1v) is 6.23. The van der Waals surface area contributed by atoms with Crippen molar-refractivity contribution in [3.63, 3.8) is 0 Å². The molecule has 2 aromatic carbocycles. The van der Waals surface area contributed by atoms with Crippen LogP contribution in [0.25, 0.3) is 0 Å². The number of hydroxylamine groups is 2. The minimum absolute atomic E-state index is 0.118. The van der Waals surface area contributed by atoms with Crippen LogP contribution in [0.2, 0.25) is 0 Å². The van der Waals surface area contributed by atoms with Gasteiger partial charge < -0.3 is 11.5 Å². The lowest BCUT2D eigenvalue weighted by molar-refractivity contribution is -0.290. The molecule has 0 bridgehead atoms. The topological polar surface area (TPSA) is 81.6 Å². The first-order valence-electron chi connectivity index (χ1n) is 6.23. The molecule has 20 heavy (non-hydrogen) atoms. The van der Waals surface area contributed by atoms with Crippen LogP contribution in [-0.2, 0) is 15.2 Å². The molecule has 0 saturated carbocycles. The van der Waals surface area contributed by atoms with E-state index in [1.54, 1.807) is 55.6 Å². The molecule has 0 aliphatic carbocycles. The number of carbonyl (C=O) groups excluding carboxylic acids is 1. The zero-order chi connectivity index (χ0) is 14.3. The average molecular weight is 269 g/mol. The first kappa shape index (κ1) is 12.5. The van der Waals surface area contributed by atoms with Crippen molar-refractivity contribution < 1.29 is 9.63 Å². The molecule has 102 valence electrons. The predicted octanol–water partition coefficient (Wildman–Crippen LogP) is 1.50. The van der Waals surface area contributed by atoms with Gasteiger partial charge in [-0.25, -0.2) is 9.90 Å². The minimum atomic E-state index is -1.10. The van der Waals surface area contributed by atoms with E-state index in [1.165, 1.54) is 5.06 Å². The lowest BCUT2D eigenvalue weighted by atomic mass is 9.83. The van der Waals surface area contributed by atoms with Crippen LogP contribution in [0, 0.1) is 0 Å². The summed E-state index contributed by atoms with van der Waals surface area (Å²) in [5, 5.41) is 1.23. The van der Waals surface area contributed by atoms with Gasteiger partial charge in [0.25, 0.3) is 5.91 Å². The Balaban J connectivity index is 2.13. The molecule has 1 saturated heterocycles. The van der Waals surface area contributed by atoms with Gasteiger partial charge in [0, 0.05) is 29.5 Å². The summed E-state index contributed by atoms with van der Waals surface area (Å²) in [5.41, 5.74) is 13.1. The van der Waals surface area contributed by atoms with Crippen molar-refractivity contribution in [2.75, 3.05) is 18.5 Å². The fraction of sp³-hybridized carbons (Fsp3) is 0.133. The van der Waals surface area contributed by atoms with Gasteiger partial charge in [0.15, 0.2) is 0 Å². The van der Waals surface area contributed by atoms with Crippen LogP contribution in [0.3, 0.4) is 0 Å². The van der Waals surface area contributed by atoms with Gasteiger partial charge in [0.1, 0.15) is 0 Å². The number of nitrogens with two attached hydrogens (primary N) is 2. The fourth-order valence-corrected chi connectivity index (χ4v) is 2.42. The molecule has 0 unspecified atom stereocenters. The van der Waals surface area contributed by atoms with E-state index in [9.17, 15) is 4.79 Å². The summed E-state index contributed by atoms with van der Waals surface area (Å²) in [6, 6.07) is 14.2. The zero-order valence-electron chi connectivity index (χ0n) is 11.0. The van der Waals surface area contributed by atoms with E-state index in [-0.39, 0.29) is 5.91 Å². The molecule has 3 rings (SSSR count). The summed E-state index contributed by atoms with van der Waals surface area (Å²) in [7, 11) is 1.59. The molecule has 0 radical (unpaired) electrons. The second-order valence-electron chi connectivity index (χ2n) is 4.82. The Morgan fingerprint density at radius 2 is 1.30 bits per heavy atom. The Labute approximate surface area is 116 Å². The molecule has 0 atom stereocenters. The van der Waals surface area contributed by atoms with Crippen LogP contribution < -0.4 is 11.5 Å². The van der Waals surface area contributed by atoms with E-state index in [1.807, 2.05) is 0 Å². The number of rotatable bonds is 2. The highest BCUT2D eigenvalue weighted by Gasteiger charge is 2.55. The second kappa shape index (κ2) is 4.25. The maximum Gasteiger partial charge on any atom is 0.290 e. The SMILES string of the molecule is CN1OC(c2ccc(N)cc2)(c2ccc(N)cc2)C1=O. The highest BCUT2D eigenvalue weighted by molar-refractivity contribution is 5.93. The summed E-state index contributed by atoms with van der Waals surface area (Å²) >= 11 is 0. The number of anilines is 2. The number of amides is 1. The maximum atomic E-state index is 12.4. The van der Waals surface area contributed by atoms with Crippen molar-refractivity contribution in [1.29, 1.82) is 0 Å². The monoisotopic (exact) mass is 269 g/mol. The normalized spacial score (nSPS) is 16.9. The van der Waals surface area contributed by atoms with Crippen LogP contribution in [0.5, 0.6) is 0 Å². The van der Waals surface area contributed by atoms with E-state index < -0.39 is 5.60 Å².